The summed E-state index contributed by atoms with van der Waals surface area (Å²) in [7, 11) is 0. The molecule has 0 spiro atoms. The molecule has 0 saturated carbocycles. The van der Waals surface area contributed by atoms with Crippen molar-refractivity contribution in [2.24, 2.45) is 0 Å². The third kappa shape index (κ3) is 4.59. The lowest BCUT2D eigenvalue weighted by molar-refractivity contribution is -0.122. The Balaban J connectivity index is 2.01. The number of anilines is 1. The van der Waals surface area contributed by atoms with Gasteiger partial charge in [0.25, 0.3) is 5.91 Å². The van der Waals surface area contributed by atoms with E-state index in [1.54, 1.807) is 55.5 Å². The van der Waals surface area contributed by atoms with Crippen molar-refractivity contribution in [2.45, 2.75) is 26.9 Å². The zero-order valence-corrected chi connectivity index (χ0v) is 14.0. The van der Waals surface area contributed by atoms with Crippen molar-refractivity contribution < 1.29 is 19.1 Å². The number of Topliss-reactive ketones (excluding diaryl/α,β-unsaturated/α-hetero) is 1. The number of ether oxygens (including phenoxy) is 2. The number of rotatable bonds is 7. The quantitative estimate of drug-likeness (QED) is 0.788. The van der Waals surface area contributed by atoms with Gasteiger partial charge in [-0.2, -0.15) is 0 Å². The number of para-hydroxylation sites is 1. The van der Waals surface area contributed by atoms with Crippen molar-refractivity contribution in [3.8, 4) is 11.5 Å². The van der Waals surface area contributed by atoms with Gasteiger partial charge in [0.1, 0.15) is 11.5 Å². The van der Waals surface area contributed by atoms with Crippen molar-refractivity contribution in [2.75, 3.05) is 11.9 Å². The molecule has 0 aliphatic carbocycles. The average molecular weight is 327 g/mol. The molecule has 5 heteroatoms. The van der Waals surface area contributed by atoms with E-state index in [1.165, 1.54) is 6.92 Å². The molecule has 0 aliphatic rings. The Morgan fingerprint density at radius 3 is 2.29 bits per heavy atom. The normalized spacial score (nSPS) is 11.5. The summed E-state index contributed by atoms with van der Waals surface area (Å²) >= 11 is 0. The van der Waals surface area contributed by atoms with Gasteiger partial charge in [0.05, 0.1) is 12.3 Å². The minimum Gasteiger partial charge on any atom is -0.494 e. The van der Waals surface area contributed by atoms with Crippen LogP contribution >= 0.6 is 0 Å². The van der Waals surface area contributed by atoms with Crippen LogP contribution in [0.2, 0.25) is 0 Å². The van der Waals surface area contributed by atoms with Gasteiger partial charge in [0.2, 0.25) is 0 Å². The minimum absolute atomic E-state index is 0.106. The highest BCUT2D eigenvalue weighted by atomic mass is 16.5. The van der Waals surface area contributed by atoms with Crippen LogP contribution in [0.5, 0.6) is 11.5 Å². The zero-order valence-electron chi connectivity index (χ0n) is 14.0. The molecule has 1 unspecified atom stereocenters. The highest BCUT2D eigenvalue weighted by Gasteiger charge is 2.17. The molecule has 5 nitrogen and oxygen atoms in total. The molecule has 0 aliphatic heterocycles. The molecule has 24 heavy (non-hydrogen) atoms. The highest BCUT2D eigenvalue weighted by Crippen LogP contribution is 2.20. The maximum atomic E-state index is 12.3. The van der Waals surface area contributed by atoms with Gasteiger partial charge in [0.15, 0.2) is 11.9 Å². The molecule has 0 fully saturated rings. The smallest absolute Gasteiger partial charge is 0.265 e. The fraction of sp³-hybridized carbons (Fsp3) is 0.263. The molecule has 0 aromatic heterocycles. The average Bonchev–Trinajstić information content (AvgIpc) is 2.57. The number of nitrogens with one attached hydrogen (secondary N) is 1. The Bertz CT molecular complexity index is 710. The fourth-order valence-corrected chi connectivity index (χ4v) is 2.17. The van der Waals surface area contributed by atoms with Gasteiger partial charge in [-0.3, -0.25) is 9.59 Å². The van der Waals surface area contributed by atoms with Crippen molar-refractivity contribution in [1.82, 2.24) is 0 Å². The molecular weight excluding hydrogens is 306 g/mol. The molecule has 0 saturated heterocycles. The van der Waals surface area contributed by atoms with Crippen LogP contribution in [0.3, 0.4) is 0 Å². The van der Waals surface area contributed by atoms with Crippen LogP contribution in [0, 0.1) is 0 Å². The monoisotopic (exact) mass is 327 g/mol. The highest BCUT2D eigenvalue weighted by molar-refractivity contribution is 6.04. The zero-order chi connectivity index (χ0) is 17.5. The first-order valence-electron chi connectivity index (χ1n) is 7.81. The van der Waals surface area contributed by atoms with Gasteiger partial charge in [-0.15, -0.1) is 0 Å². The minimum atomic E-state index is -0.706. The van der Waals surface area contributed by atoms with Gasteiger partial charge < -0.3 is 14.8 Å². The molecule has 2 aromatic carbocycles. The summed E-state index contributed by atoms with van der Waals surface area (Å²) in [6, 6.07) is 14.0. The number of benzene rings is 2. The van der Waals surface area contributed by atoms with Gasteiger partial charge in [-0.1, -0.05) is 12.1 Å². The van der Waals surface area contributed by atoms with E-state index in [2.05, 4.69) is 5.32 Å². The van der Waals surface area contributed by atoms with Crippen LogP contribution in [0.15, 0.2) is 48.5 Å². The summed E-state index contributed by atoms with van der Waals surface area (Å²) in [4.78, 5) is 23.9. The first-order valence-corrected chi connectivity index (χ1v) is 7.81. The van der Waals surface area contributed by atoms with E-state index in [9.17, 15) is 9.59 Å². The van der Waals surface area contributed by atoms with Crippen molar-refractivity contribution >= 4 is 17.4 Å². The van der Waals surface area contributed by atoms with E-state index in [1.807, 2.05) is 6.92 Å². The maximum absolute atomic E-state index is 12.3. The van der Waals surface area contributed by atoms with Gasteiger partial charge in [0, 0.05) is 5.56 Å². The van der Waals surface area contributed by atoms with Crippen LogP contribution in [0.4, 0.5) is 5.69 Å². The van der Waals surface area contributed by atoms with Crippen LogP contribution in [-0.4, -0.2) is 24.4 Å². The topological polar surface area (TPSA) is 64.6 Å². The Labute approximate surface area is 141 Å². The number of ketones is 1. The molecular formula is C19H21NO4. The first kappa shape index (κ1) is 17.5. The molecule has 0 heterocycles. The van der Waals surface area contributed by atoms with Crippen LogP contribution in [0.25, 0.3) is 0 Å². The van der Waals surface area contributed by atoms with E-state index in [-0.39, 0.29) is 11.7 Å². The van der Waals surface area contributed by atoms with Crippen molar-refractivity contribution in [1.29, 1.82) is 0 Å². The largest absolute Gasteiger partial charge is 0.494 e. The van der Waals surface area contributed by atoms with Crippen LogP contribution in [0.1, 0.15) is 31.1 Å². The lowest BCUT2D eigenvalue weighted by Crippen LogP contribution is -2.30. The third-order valence-corrected chi connectivity index (χ3v) is 3.38. The lowest BCUT2D eigenvalue weighted by atomic mass is 10.1. The molecule has 0 radical (unpaired) electrons. The van der Waals surface area contributed by atoms with Gasteiger partial charge in [-0.25, -0.2) is 0 Å². The number of hydrogen-bond acceptors (Lipinski definition) is 4. The second-order valence-electron chi connectivity index (χ2n) is 5.26. The predicted molar refractivity (Wildman–Crippen MR) is 92.8 cm³/mol. The molecule has 1 N–H and O–H groups in total. The second kappa shape index (κ2) is 8.15. The second-order valence-corrected chi connectivity index (χ2v) is 5.26. The molecule has 2 rings (SSSR count). The van der Waals surface area contributed by atoms with E-state index in [4.69, 9.17) is 9.47 Å². The number of amides is 1. The maximum Gasteiger partial charge on any atom is 0.265 e. The molecule has 126 valence electrons. The predicted octanol–water partition coefficient (Wildman–Crippen LogP) is 3.69. The molecule has 1 atom stereocenters. The van der Waals surface area contributed by atoms with E-state index in [0.717, 1.165) is 5.75 Å². The van der Waals surface area contributed by atoms with E-state index in [0.29, 0.717) is 23.6 Å². The summed E-state index contributed by atoms with van der Waals surface area (Å²) < 4.78 is 11.0. The summed E-state index contributed by atoms with van der Waals surface area (Å²) in [6.07, 6.45) is -0.706. The molecule has 0 bridgehead atoms. The molecule has 2 aromatic rings. The van der Waals surface area contributed by atoms with Gasteiger partial charge in [-0.05, 0) is 57.2 Å². The third-order valence-electron chi connectivity index (χ3n) is 3.38. The molecule has 1 amide bonds. The Kier molecular flexibility index (Phi) is 5.95. The fourth-order valence-electron chi connectivity index (χ4n) is 2.17. The van der Waals surface area contributed by atoms with E-state index < -0.39 is 6.10 Å². The number of carbonyl (C=O) groups is 2. The Hall–Kier alpha value is -2.82. The van der Waals surface area contributed by atoms with Crippen LogP contribution in [-0.2, 0) is 4.79 Å². The van der Waals surface area contributed by atoms with Crippen LogP contribution < -0.4 is 14.8 Å². The van der Waals surface area contributed by atoms with Crippen molar-refractivity contribution in [3.05, 3.63) is 54.1 Å². The first-order chi connectivity index (χ1) is 11.5. The Morgan fingerprint density at radius 1 is 1.04 bits per heavy atom. The van der Waals surface area contributed by atoms with E-state index >= 15 is 0 Å². The summed E-state index contributed by atoms with van der Waals surface area (Å²) in [5.41, 5.74) is 0.955. The standard InChI is InChI=1S/C19H21NO4/c1-4-23-15-9-11-16(12-10-15)24-14(3)19(22)20-18-8-6-5-7-17(18)13(2)21/h5-12,14H,4H2,1-3H3,(H,20,22). The number of hydrogen-bond donors (Lipinski definition) is 1. The Morgan fingerprint density at radius 2 is 1.67 bits per heavy atom. The van der Waals surface area contributed by atoms with Gasteiger partial charge >= 0.3 is 0 Å². The summed E-state index contributed by atoms with van der Waals surface area (Å²) in [5.74, 6) is 0.891. The van der Waals surface area contributed by atoms with Crippen molar-refractivity contribution in [3.63, 3.8) is 0 Å². The summed E-state index contributed by atoms with van der Waals surface area (Å²) in [6.45, 7) is 5.62. The summed E-state index contributed by atoms with van der Waals surface area (Å²) in [5, 5.41) is 2.73. The SMILES string of the molecule is CCOc1ccc(OC(C)C(=O)Nc2ccccc2C(C)=O)cc1. The lowest BCUT2D eigenvalue weighted by Gasteiger charge is -2.16. The number of carbonyl (C=O) groups excluding carboxylic acids is 2.